The van der Waals surface area contributed by atoms with Gasteiger partial charge in [0.15, 0.2) is 11.5 Å². The Morgan fingerprint density at radius 3 is 2.43 bits per heavy atom. The van der Waals surface area contributed by atoms with Gasteiger partial charge in [-0.25, -0.2) is 0 Å². The van der Waals surface area contributed by atoms with E-state index in [1.54, 1.807) is 19.5 Å². The zero-order valence-electron chi connectivity index (χ0n) is 12.5. The Bertz CT molecular complexity index is 727. The van der Waals surface area contributed by atoms with Crippen molar-refractivity contribution in [1.82, 2.24) is 4.98 Å². The number of fused-ring (bicyclic) bond motifs is 1. The first-order valence-electron chi connectivity index (χ1n) is 7.14. The standard InChI is InChI=1S/C17H15Cl2NO3/c1-21-15-6-4-11(16-17(15)23-8-2-7-22-16)3-5-12-13(18)9-20-10-14(12)19/h3-6,9-10H,2,7-8H2,1H3. The summed E-state index contributed by atoms with van der Waals surface area (Å²) in [7, 11) is 1.61. The zero-order valence-corrected chi connectivity index (χ0v) is 14.0. The van der Waals surface area contributed by atoms with E-state index in [1.807, 2.05) is 24.3 Å². The monoisotopic (exact) mass is 351 g/mol. The second-order valence-corrected chi connectivity index (χ2v) is 5.73. The fourth-order valence-corrected chi connectivity index (χ4v) is 2.79. The fourth-order valence-electron chi connectivity index (χ4n) is 2.30. The topological polar surface area (TPSA) is 40.6 Å². The summed E-state index contributed by atoms with van der Waals surface area (Å²) in [6.07, 6.45) is 7.66. The second-order valence-electron chi connectivity index (χ2n) is 4.92. The molecule has 2 aromatic rings. The number of methoxy groups -OCH3 is 1. The minimum atomic E-state index is 0.491. The Morgan fingerprint density at radius 2 is 1.74 bits per heavy atom. The molecule has 4 nitrogen and oxygen atoms in total. The van der Waals surface area contributed by atoms with E-state index in [0.29, 0.717) is 46.1 Å². The van der Waals surface area contributed by atoms with E-state index >= 15 is 0 Å². The van der Waals surface area contributed by atoms with Gasteiger partial charge < -0.3 is 14.2 Å². The third-order valence-electron chi connectivity index (χ3n) is 3.43. The van der Waals surface area contributed by atoms with Crippen LogP contribution in [0.2, 0.25) is 10.0 Å². The van der Waals surface area contributed by atoms with Gasteiger partial charge in [-0.3, -0.25) is 4.98 Å². The van der Waals surface area contributed by atoms with E-state index in [-0.39, 0.29) is 0 Å². The van der Waals surface area contributed by atoms with Crippen LogP contribution < -0.4 is 14.2 Å². The lowest BCUT2D eigenvalue weighted by Gasteiger charge is -2.13. The van der Waals surface area contributed by atoms with Gasteiger partial charge in [0.05, 0.1) is 30.4 Å². The lowest BCUT2D eigenvalue weighted by atomic mass is 10.1. The number of halogens is 2. The van der Waals surface area contributed by atoms with Crippen LogP contribution in [-0.2, 0) is 0 Å². The van der Waals surface area contributed by atoms with Crippen LogP contribution in [0.1, 0.15) is 17.5 Å². The van der Waals surface area contributed by atoms with Crippen molar-refractivity contribution in [1.29, 1.82) is 0 Å². The van der Waals surface area contributed by atoms with Gasteiger partial charge in [-0.15, -0.1) is 0 Å². The lowest BCUT2D eigenvalue weighted by Crippen LogP contribution is -1.98. The lowest BCUT2D eigenvalue weighted by molar-refractivity contribution is 0.289. The van der Waals surface area contributed by atoms with Gasteiger partial charge in [0.2, 0.25) is 5.75 Å². The first kappa shape index (κ1) is 16.0. The fraction of sp³-hybridized carbons (Fsp3) is 0.235. The van der Waals surface area contributed by atoms with E-state index in [4.69, 9.17) is 37.4 Å². The maximum Gasteiger partial charge on any atom is 0.204 e. The van der Waals surface area contributed by atoms with Crippen molar-refractivity contribution in [2.45, 2.75) is 6.42 Å². The van der Waals surface area contributed by atoms with E-state index in [2.05, 4.69) is 4.98 Å². The number of hydrogen-bond donors (Lipinski definition) is 0. The molecule has 23 heavy (non-hydrogen) atoms. The van der Waals surface area contributed by atoms with Crippen molar-refractivity contribution < 1.29 is 14.2 Å². The summed E-state index contributed by atoms with van der Waals surface area (Å²) in [5, 5.41) is 0.982. The Hall–Kier alpha value is -1.91. The predicted octanol–water partition coefficient (Wildman–Crippen LogP) is 4.73. The van der Waals surface area contributed by atoms with Gasteiger partial charge in [0.25, 0.3) is 0 Å². The summed E-state index contributed by atoms with van der Waals surface area (Å²) < 4.78 is 16.9. The summed E-state index contributed by atoms with van der Waals surface area (Å²) in [6, 6.07) is 3.76. The van der Waals surface area contributed by atoms with Crippen LogP contribution >= 0.6 is 23.2 Å². The maximum atomic E-state index is 6.14. The van der Waals surface area contributed by atoms with Crippen LogP contribution in [0.3, 0.4) is 0 Å². The number of rotatable bonds is 3. The molecular weight excluding hydrogens is 337 g/mol. The molecule has 0 saturated heterocycles. The quantitative estimate of drug-likeness (QED) is 0.801. The smallest absolute Gasteiger partial charge is 0.204 e. The van der Waals surface area contributed by atoms with Gasteiger partial charge in [-0.1, -0.05) is 35.4 Å². The van der Waals surface area contributed by atoms with Gasteiger partial charge in [-0.2, -0.15) is 0 Å². The first-order valence-corrected chi connectivity index (χ1v) is 7.90. The molecule has 1 aliphatic rings. The van der Waals surface area contributed by atoms with Crippen LogP contribution in [0.5, 0.6) is 17.2 Å². The molecule has 6 heteroatoms. The molecule has 0 N–H and O–H groups in total. The van der Waals surface area contributed by atoms with Crippen molar-refractivity contribution in [3.63, 3.8) is 0 Å². The summed E-state index contributed by atoms with van der Waals surface area (Å²) >= 11 is 12.3. The molecular formula is C17H15Cl2NO3. The molecule has 0 saturated carbocycles. The highest BCUT2D eigenvalue weighted by molar-refractivity contribution is 6.37. The van der Waals surface area contributed by atoms with Gasteiger partial charge in [0.1, 0.15) is 0 Å². The van der Waals surface area contributed by atoms with Crippen molar-refractivity contribution in [2.75, 3.05) is 20.3 Å². The maximum absolute atomic E-state index is 6.14. The van der Waals surface area contributed by atoms with E-state index in [0.717, 1.165) is 12.0 Å². The third kappa shape index (κ3) is 3.38. The van der Waals surface area contributed by atoms with Gasteiger partial charge in [-0.05, 0) is 12.1 Å². The molecule has 0 fully saturated rings. The molecule has 0 radical (unpaired) electrons. The number of nitrogens with zero attached hydrogens (tertiary/aromatic N) is 1. The summed E-state index contributed by atoms with van der Waals surface area (Å²) in [6.45, 7) is 1.19. The Kier molecular flexibility index (Phi) is 4.94. The van der Waals surface area contributed by atoms with Crippen molar-refractivity contribution in [2.24, 2.45) is 0 Å². The molecule has 0 spiro atoms. The van der Waals surface area contributed by atoms with Crippen molar-refractivity contribution >= 4 is 35.4 Å². The number of hydrogen-bond acceptors (Lipinski definition) is 4. The molecule has 120 valence electrons. The highest BCUT2D eigenvalue weighted by Crippen LogP contribution is 2.42. The first-order chi connectivity index (χ1) is 11.2. The highest BCUT2D eigenvalue weighted by Gasteiger charge is 2.18. The molecule has 0 aliphatic carbocycles. The van der Waals surface area contributed by atoms with E-state index in [1.165, 1.54) is 0 Å². The van der Waals surface area contributed by atoms with Crippen LogP contribution in [0.25, 0.3) is 12.2 Å². The van der Waals surface area contributed by atoms with E-state index in [9.17, 15) is 0 Å². The summed E-state index contributed by atoms with van der Waals surface area (Å²) in [5.74, 6) is 1.94. The zero-order chi connectivity index (χ0) is 16.2. The minimum Gasteiger partial charge on any atom is -0.493 e. The van der Waals surface area contributed by atoms with Gasteiger partial charge in [0, 0.05) is 29.9 Å². The number of pyridine rings is 1. The molecule has 2 heterocycles. The molecule has 0 atom stereocenters. The average Bonchev–Trinajstić information content (AvgIpc) is 2.80. The molecule has 1 aliphatic heterocycles. The molecule has 0 unspecified atom stereocenters. The van der Waals surface area contributed by atoms with Crippen molar-refractivity contribution in [3.8, 4) is 17.2 Å². The third-order valence-corrected chi connectivity index (χ3v) is 4.03. The number of ether oxygens (including phenoxy) is 3. The van der Waals surface area contributed by atoms with Crippen LogP contribution in [0, 0.1) is 0 Å². The van der Waals surface area contributed by atoms with Gasteiger partial charge >= 0.3 is 0 Å². The predicted molar refractivity (Wildman–Crippen MR) is 91.8 cm³/mol. The molecule has 1 aromatic carbocycles. The Balaban J connectivity index is 2.02. The van der Waals surface area contributed by atoms with Crippen LogP contribution in [0.15, 0.2) is 24.5 Å². The largest absolute Gasteiger partial charge is 0.493 e. The summed E-state index contributed by atoms with van der Waals surface area (Å²) in [5.41, 5.74) is 1.58. The number of benzene rings is 1. The van der Waals surface area contributed by atoms with Crippen molar-refractivity contribution in [3.05, 3.63) is 45.7 Å². The molecule has 1 aromatic heterocycles. The summed E-state index contributed by atoms with van der Waals surface area (Å²) in [4.78, 5) is 3.95. The van der Waals surface area contributed by atoms with E-state index < -0.39 is 0 Å². The molecule has 0 bridgehead atoms. The normalized spacial score (nSPS) is 13.9. The minimum absolute atomic E-state index is 0.491. The second kappa shape index (κ2) is 7.11. The van der Waals surface area contributed by atoms with Crippen LogP contribution in [-0.4, -0.2) is 25.3 Å². The van der Waals surface area contributed by atoms with Crippen LogP contribution in [0.4, 0.5) is 0 Å². The Morgan fingerprint density at radius 1 is 1.04 bits per heavy atom. The molecule has 3 rings (SSSR count). The number of aromatic nitrogens is 1. The average molecular weight is 352 g/mol. The Labute approximate surface area is 144 Å². The molecule has 0 amide bonds. The SMILES string of the molecule is COc1ccc(C=Cc2c(Cl)cncc2Cl)c2c1OCCCO2. The highest BCUT2D eigenvalue weighted by atomic mass is 35.5.